The molecule has 1 aliphatic heterocycles. The second-order valence-corrected chi connectivity index (χ2v) is 9.85. The number of para-hydroxylation sites is 1. The number of carbonyl (C=O) groups is 1. The largest absolute Gasteiger partial charge is 0.489 e. The van der Waals surface area contributed by atoms with Crippen LogP contribution >= 0.6 is 11.8 Å². The lowest BCUT2D eigenvalue weighted by molar-refractivity contribution is -0.123. The summed E-state index contributed by atoms with van der Waals surface area (Å²) in [6.45, 7) is 10.9. The molecular weight excluding hydrogens is 440 g/mol. The SMILES string of the molecule is Cc1cc(C)c(COc2ccc(/C=C3/SC(=Nc4ccccc4)N(C(C)C)C3=O)cc2)c(C)c1. The second kappa shape index (κ2) is 10.3. The Morgan fingerprint density at radius 3 is 2.24 bits per heavy atom. The maximum atomic E-state index is 13.1. The molecule has 0 aliphatic carbocycles. The smallest absolute Gasteiger partial charge is 0.266 e. The number of aryl methyl sites for hydroxylation is 3. The fourth-order valence-corrected chi connectivity index (χ4v) is 5.16. The van der Waals surface area contributed by atoms with Gasteiger partial charge < -0.3 is 4.74 Å². The Kier molecular flexibility index (Phi) is 7.23. The molecule has 1 amide bonds. The van der Waals surface area contributed by atoms with Gasteiger partial charge in [-0.25, -0.2) is 4.99 Å². The Morgan fingerprint density at radius 1 is 0.971 bits per heavy atom. The van der Waals surface area contributed by atoms with Crippen molar-refractivity contribution in [2.45, 2.75) is 47.3 Å². The summed E-state index contributed by atoms with van der Waals surface area (Å²) < 4.78 is 6.05. The standard InChI is InChI=1S/C29H30N2O2S/c1-19(2)31-28(32)27(34-29(31)30-24-9-7-6-8-10-24)17-23-11-13-25(14-12-23)33-18-26-21(4)15-20(3)16-22(26)5/h6-17,19H,18H2,1-5H3/b27-17+,30-29?. The number of hydrogen-bond acceptors (Lipinski definition) is 4. The zero-order valence-corrected chi connectivity index (χ0v) is 21.1. The molecule has 5 heteroatoms. The van der Waals surface area contributed by atoms with E-state index in [0.717, 1.165) is 17.0 Å². The molecule has 0 aromatic heterocycles. The van der Waals surface area contributed by atoms with E-state index in [1.807, 2.05) is 74.5 Å². The number of hydrogen-bond donors (Lipinski definition) is 0. The molecule has 1 heterocycles. The molecule has 0 spiro atoms. The average Bonchev–Trinajstić information content (AvgIpc) is 3.09. The Bertz CT molecular complexity index is 1220. The van der Waals surface area contributed by atoms with Crippen LogP contribution in [0, 0.1) is 20.8 Å². The topological polar surface area (TPSA) is 41.9 Å². The van der Waals surface area contributed by atoms with Gasteiger partial charge in [0.1, 0.15) is 12.4 Å². The minimum atomic E-state index is -0.0136. The number of benzene rings is 3. The molecule has 1 saturated heterocycles. The number of aliphatic imine (C=N–C) groups is 1. The Hall–Kier alpha value is -3.31. The van der Waals surface area contributed by atoms with Crippen LogP contribution in [0.5, 0.6) is 5.75 Å². The lowest BCUT2D eigenvalue weighted by Gasteiger charge is -2.19. The van der Waals surface area contributed by atoms with Crippen molar-refractivity contribution in [3.63, 3.8) is 0 Å². The number of ether oxygens (including phenoxy) is 1. The third kappa shape index (κ3) is 5.42. The van der Waals surface area contributed by atoms with Crippen molar-refractivity contribution in [3.05, 3.63) is 99.5 Å². The van der Waals surface area contributed by atoms with E-state index in [4.69, 9.17) is 9.73 Å². The van der Waals surface area contributed by atoms with Gasteiger partial charge in [-0.3, -0.25) is 9.69 Å². The molecule has 174 valence electrons. The molecule has 1 fully saturated rings. The van der Waals surface area contributed by atoms with Gasteiger partial charge in [-0.1, -0.05) is 48.0 Å². The molecule has 34 heavy (non-hydrogen) atoms. The van der Waals surface area contributed by atoms with Crippen molar-refractivity contribution >= 4 is 34.6 Å². The lowest BCUT2D eigenvalue weighted by atomic mass is 10.0. The first-order valence-electron chi connectivity index (χ1n) is 11.5. The molecule has 0 unspecified atom stereocenters. The van der Waals surface area contributed by atoms with Crippen molar-refractivity contribution < 1.29 is 9.53 Å². The summed E-state index contributed by atoms with van der Waals surface area (Å²) in [4.78, 5) is 20.2. The average molecular weight is 471 g/mol. The van der Waals surface area contributed by atoms with E-state index in [9.17, 15) is 4.79 Å². The molecule has 3 aromatic rings. The summed E-state index contributed by atoms with van der Waals surface area (Å²) in [6, 6.07) is 22.0. The van der Waals surface area contributed by atoms with Crippen LogP contribution in [0.4, 0.5) is 5.69 Å². The fraction of sp³-hybridized carbons (Fsp3) is 0.241. The summed E-state index contributed by atoms with van der Waals surface area (Å²) in [6.07, 6.45) is 1.92. The van der Waals surface area contributed by atoms with E-state index >= 15 is 0 Å². The first-order chi connectivity index (χ1) is 16.3. The van der Waals surface area contributed by atoms with Gasteiger partial charge in [0.15, 0.2) is 5.17 Å². The van der Waals surface area contributed by atoms with Gasteiger partial charge in [-0.05, 0) is 99.0 Å². The first-order valence-corrected chi connectivity index (χ1v) is 12.3. The molecule has 0 saturated carbocycles. The van der Waals surface area contributed by atoms with Crippen LogP contribution in [0.25, 0.3) is 6.08 Å². The molecule has 3 aromatic carbocycles. The van der Waals surface area contributed by atoms with Crippen molar-refractivity contribution in [1.29, 1.82) is 0 Å². The molecule has 4 nitrogen and oxygen atoms in total. The van der Waals surface area contributed by atoms with Crippen LogP contribution in [0.15, 0.2) is 76.6 Å². The lowest BCUT2D eigenvalue weighted by Crippen LogP contribution is -2.35. The van der Waals surface area contributed by atoms with Gasteiger partial charge >= 0.3 is 0 Å². The van der Waals surface area contributed by atoms with Gasteiger partial charge in [0.2, 0.25) is 0 Å². The van der Waals surface area contributed by atoms with Crippen molar-refractivity contribution in [2.75, 3.05) is 0 Å². The monoisotopic (exact) mass is 470 g/mol. The van der Waals surface area contributed by atoms with E-state index in [1.54, 1.807) is 4.90 Å². The van der Waals surface area contributed by atoms with E-state index < -0.39 is 0 Å². The minimum Gasteiger partial charge on any atom is -0.489 e. The second-order valence-electron chi connectivity index (χ2n) is 8.84. The van der Waals surface area contributed by atoms with Crippen molar-refractivity contribution in [3.8, 4) is 5.75 Å². The van der Waals surface area contributed by atoms with E-state index in [1.165, 1.54) is 34.0 Å². The third-order valence-electron chi connectivity index (χ3n) is 5.74. The first kappa shape index (κ1) is 23.8. The number of rotatable bonds is 6. The molecule has 0 N–H and O–H groups in total. The van der Waals surface area contributed by atoms with Gasteiger partial charge in [0.05, 0.1) is 10.6 Å². The Labute approximate surface area is 206 Å². The molecule has 0 radical (unpaired) electrons. The quantitative estimate of drug-likeness (QED) is 0.358. The molecular formula is C29H30N2O2S. The Morgan fingerprint density at radius 2 is 1.62 bits per heavy atom. The van der Waals surface area contributed by atoms with E-state index in [-0.39, 0.29) is 11.9 Å². The molecule has 0 bridgehead atoms. The fourth-order valence-electron chi connectivity index (χ4n) is 4.04. The van der Waals surface area contributed by atoms with Gasteiger partial charge in [0.25, 0.3) is 5.91 Å². The summed E-state index contributed by atoms with van der Waals surface area (Å²) in [5, 5.41) is 0.709. The summed E-state index contributed by atoms with van der Waals surface area (Å²) in [7, 11) is 0. The predicted molar refractivity (Wildman–Crippen MR) is 143 cm³/mol. The summed E-state index contributed by atoms with van der Waals surface area (Å²) in [5.74, 6) is 0.794. The summed E-state index contributed by atoms with van der Waals surface area (Å²) >= 11 is 1.42. The maximum absolute atomic E-state index is 13.1. The van der Waals surface area contributed by atoms with Crippen LogP contribution in [-0.2, 0) is 11.4 Å². The van der Waals surface area contributed by atoms with Crippen LogP contribution in [0.3, 0.4) is 0 Å². The van der Waals surface area contributed by atoms with Gasteiger partial charge in [0, 0.05) is 6.04 Å². The zero-order chi connectivity index (χ0) is 24.2. The van der Waals surface area contributed by atoms with E-state index in [0.29, 0.717) is 16.7 Å². The molecule has 0 atom stereocenters. The van der Waals surface area contributed by atoms with Gasteiger partial charge in [-0.15, -0.1) is 0 Å². The van der Waals surface area contributed by atoms with Crippen LogP contribution in [0.2, 0.25) is 0 Å². The highest BCUT2D eigenvalue weighted by Crippen LogP contribution is 2.35. The van der Waals surface area contributed by atoms with E-state index in [2.05, 4.69) is 32.9 Å². The number of amidine groups is 1. The summed E-state index contributed by atoms with van der Waals surface area (Å²) in [5.41, 5.74) is 6.78. The highest BCUT2D eigenvalue weighted by Gasteiger charge is 2.35. The highest BCUT2D eigenvalue weighted by molar-refractivity contribution is 8.18. The van der Waals surface area contributed by atoms with Crippen LogP contribution in [-0.4, -0.2) is 22.0 Å². The number of nitrogens with zero attached hydrogens (tertiary/aromatic N) is 2. The van der Waals surface area contributed by atoms with Crippen LogP contribution < -0.4 is 4.74 Å². The number of amides is 1. The normalized spacial score (nSPS) is 16.2. The minimum absolute atomic E-state index is 0.0136. The van der Waals surface area contributed by atoms with Crippen molar-refractivity contribution in [2.24, 2.45) is 4.99 Å². The predicted octanol–water partition coefficient (Wildman–Crippen LogP) is 7.20. The van der Waals surface area contributed by atoms with Crippen LogP contribution in [0.1, 0.15) is 41.7 Å². The zero-order valence-electron chi connectivity index (χ0n) is 20.3. The number of thioether (sulfide) groups is 1. The Balaban J connectivity index is 1.49. The third-order valence-corrected chi connectivity index (χ3v) is 6.72. The number of carbonyl (C=O) groups excluding carboxylic acids is 1. The highest BCUT2D eigenvalue weighted by atomic mass is 32.2. The molecule has 4 rings (SSSR count). The van der Waals surface area contributed by atoms with Gasteiger partial charge in [-0.2, -0.15) is 0 Å². The van der Waals surface area contributed by atoms with Crippen molar-refractivity contribution in [1.82, 2.24) is 4.90 Å². The maximum Gasteiger partial charge on any atom is 0.266 e. The molecule has 1 aliphatic rings.